The summed E-state index contributed by atoms with van der Waals surface area (Å²) < 4.78 is 6.00. The minimum absolute atomic E-state index is 0.0925. The summed E-state index contributed by atoms with van der Waals surface area (Å²) in [5.41, 5.74) is 1.86. The van der Waals surface area contributed by atoms with Crippen LogP contribution in [0.15, 0.2) is 39.5 Å². The standard InChI is InChI=1S/C19H24BrN3O2S/c1-22-6-8-23(9-7-22)18(14-5-10-26-13-14)12-21-19(24)16-11-15(25-2)3-4-17(16)20/h3-5,10-11,13,18H,6-9,12H2,1-2H3,(H,21,24). The van der Waals surface area contributed by atoms with Crippen LogP contribution in [-0.4, -0.2) is 62.6 Å². The molecular formula is C19H24BrN3O2S. The van der Waals surface area contributed by atoms with Gasteiger partial charge in [-0.15, -0.1) is 0 Å². The van der Waals surface area contributed by atoms with E-state index in [4.69, 9.17) is 4.74 Å². The highest BCUT2D eigenvalue weighted by atomic mass is 79.9. The SMILES string of the molecule is COc1ccc(Br)c(C(=O)NCC(c2ccsc2)N2CCN(C)CC2)c1. The van der Waals surface area contributed by atoms with Crippen LogP contribution in [-0.2, 0) is 0 Å². The second kappa shape index (κ2) is 8.99. The summed E-state index contributed by atoms with van der Waals surface area (Å²) in [5, 5.41) is 7.39. The zero-order valence-corrected chi connectivity index (χ0v) is 17.5. The van der Waals surface area contributed by atoms with Crippen LogP contribution in [0.2, 0.25) is 0 Å². The summed E-state index contributed by atoms with van der Waals surface area (Å²) in [6.45, 7) is 4.71. The predicted molar refractivity (Wildman–Crippen MR) is 109 cm³/mol. The summed E-state index contributed by atoms with van der Waals surface area (Å²) >= 11 is 5.16. The Kier molecular flexibility index (Phi) is 6.69. The molecule has 1 amide bonds. The van der Waals surface area contributed by atoms with E-state index in [-0.39, 0.29) is 11.9 Å². The maximum Gasteiger partial charge on any atom is 0.252 e. The lowest BCUT2D eigenvalue weighted by Crippen LogP contribution is -2.48. The first kappa shape index (κ1) is 19.4. The smallest absolute Gasteiger partial charge is 0.252 e. The second-order valence-corrected chi connectivity index (χ2v) is 8.10. The van der Waals surface area contributed by atoms with Gasteiger partial charge in [0.15, 0.2) is 0 Å². The van der Waals surface area contributed by atoms with E-state index < -0.39 is 0 Å². The summed E-state index contributed by atoms with van der Waals surface area (Å²) in [6.07, 6.45) is 0. The van der Waals surface area contributed by atoms with Gasteiger partial charge in [0.05, 0.1) is 18.7 Å². The Bertz CT molecular complexity index is 730. The third-order valence-corrected chi connectivity index (χ3v) is 6.17. The number of rotatable bonds is 6. The molecule has 26 heavy (non-hydrogen) atoms. The van der Waals surface area contributed by atoms with Crippen LogP contribution in [0.1, 0.15) is 22.0 Å². The molecule has 0 spiro atoms. The van der Waals surface area contributed by atoms with Crippen LogP contribution < -0.4 is 10.1 Å². The molecule has 5 nitrogen and oxygen atoms in total. The molecule has 7 heteroatoms. The van der Waals surface area contributed by atoms with Gasteiger partial charge in [0.25, 0.3) is 5.91 Å². The Labute approximate surface area is 167 Å². The van der Waals surface area contributed by atoms with Crippen molar-refractivity contribution in [3.63, 3.8) is 0 Å². The summed E-state index contributed by atoms with van der Waals surface area (Å²) in [5.74, 6) is 0.580. The lowest BCUT2D eigenvalue weighted by Gasteiger charge is -2.38. The topological polar surface area (TPSA) is 44.8 Å². The zero-order valence-electron chi connectivity index (χ0n) is 15.1. The third kappa shape index (κ3) is 4.65. The first-order chi connectivity index (χ1) is 12.6. The van der Waals surface area contributed by atoms with E-state index >= 15 is 0 Å². The number of nitrogens with one attached hydrogen (secondary N) is 1. The molecule has 140 valence electrons. The number of methoxy groups -OCH3 is 1. The van der Waals surface area contributed by atoms with E-state index in [0.29, 0.717) is 17.9 Å². The van der Waals surface area contributed by atoms with Gasteiger partial charge in [-0.1, -0.05) is 0 Å². The third-order valence-electron chi connectivity index (χ3n) is 4.78. The zero-order chi connectivity index (χ0) is 18.5. The highest BCUT2D eigenvalue weighted by Gasteiger charge is 2.25. The molecule has 1 atom stereocenters. The molecule has 2 aromatic rings. The van der Waals surface area contributed by atoms with Crippen LogP contribution in [0.3, 0.4) is 0 Å². The number of ether oxygens (including phenoxy) is 1. The number of piperazine rings is 1. The van der Waals surface area contributed by atoms with Crippen molar-refractivity contribution < 1.29 is 9.53 Å². The Hall–Kier alpha value is -1.41. The van der Waals surface area contributed by atoms with Crippen LogP contribution in [0.4, 0.5) is 0 Å². The van der Waals surface area contributed by atoms with E-state index in [1.807, 2.05) is 12.1 Å². The molecule has 1 aromatic heterocycles. The van der Waals surface area contributed by atoms with Crippen LogP contribution in [0.25, 0.3) is 0 Å². The van der Waals surface area contributed by atoms with Gasteiger partial charge in [-0.2, -0.15) is 11.3 Å². The predicted octanol–water partition coefficient (Wildman–Crippen LogP) is 3.24. The average Bonchev–Trinajstić information content (AvgIpc) is 3.18. The van der Waals surface area contributed by atoms with Crippen LogP contribution in [0, 0.1) is 0 Å². The normalized spacial score (nSPS) is 17.0. The molecule has 2 heterocycles. The van der Waals surface area contributed by atoms with Crippen molar-refractivity contribution in [2.75, 3.05) is 46.9 Å². The monoisotopic (exact) mass is 437 g/mol. The van der Waals surface area contributed by atoms with Crippen molar-refractivity contribution in [2.24, 2.45) is 0 Å². The Morgan fingerprint density at radius 3 is 2.73 bits per heavy atom. The number of hydrogen-bond donors (Lipinski definition) is 1. The molecule has 1 aliphatic rings. The number of thiophene rings is 1. The van der Waals surface area contributed by atoms with Gasteiger partial charge in [0.2, 0.25) is 0 Å². The van der Waals surface area contributed by atoms with Crippen LogP contribution >= 0.6 is 27.3 Å². The largest absolute Gasteiger partial charge is 0.497 e. The number of benzene rings is 1. The number of nitrogens with zero attached hydrogens (tertiary/aromatic N) is 2. The summed E-state index contributed by atoms with van der Waals surface area (Å²) in [6, 6.07) is 7.78. The maximum atomic E-state index is 12.7. The molecule has 1 aliphatic heterocycles. The van der Waals surface area contributed by atoms with Crippen molar-refractivity contribution in [1.82, 2.24) is 15.1 Å². The van der Waals surface area contributed by atoms with Gasteiger partial charge in [0.1, 0.15) is 5.75 Å². The highest BCUT2D eigenvalue weighted by Crippen LogP contribution is 2.25. The molecule has 3 rings (SSSR count). The minimum atomic E-state index is -0.0925. The first-order valence-corrected chi connectivity index (χ1v) is 10.4. The van der Waals surface area contributed by atoms with Gasteiger partial charge in [-0.05, 0) is 63.6 Å². The van der Waals surface area contributed by atoms with Crippen molar-refractivity contribution in [1.29, 1.82) is 0 Å². The molecule has 0 radical (unpaired) electrons. The number of halogens is 1. The van der Waals surface area contributed by atoms with Crippen molar-refractivity contribution in [3.05, 3.63) is 50.6 Å². The molecule has 1 N–H and O–H groups in total. The summed E-state index contributed by atoms with van der Waals surface area (Å²) in [4.78, 5) is 17.5. The molecule has 1 fully saturated rings. The first-order valence-electron chi connectivity index (χ1n) is 8.65. The fraction of sp³-hybridized carbons (Fsp3) is 0.421. The fourth-order valence-electron chi connectivity index (χ4n) is 3.15. The molecule has 1 aromatic carbocycles. The van der Waals surface area contributed by atoms with Gasteiger partial charge in [-0.3, -0.25) is 9.69 Å². The van der Waals surface area contributed by atoms with E-state index in [0.717, 1.165) is 30.7 Å². The average molecular weight is 438 g/mol. The van der Waals surface area contributed by atoms with Gasteiger partial charge in [0, 0.05) is 37.2 Å². The van der Waals surface area contributed by atoms with Crippen LogP contribution in [0.5, 0.6) is 5.75 Å². The summed E-state index contributed by atoms with van der Waals surface area (Å²) in [7, 11) is 3.75. The molecule has 0 saturated carbocycles. The minimum Gasteiger partial charge on any atom is -0.497 e. The number of carbonyl (C=O) groups is 1. The maximum absolute atomic E-state index is 12.7. The molecular weight excluding hydrogens is 414 g/mol. The van der Waals surface area contributed by atoms with Gasteiger partial charge < -0.3 is 15.0 Å². The quantitative estimate of drug-likeness (QED) is 0.753. The van der Waals surface area contributed by atoms with E-state index in [1.54, 1.807) is 24.5 Å². The number of amides is 1. The number of likely N-dealkylation sites (N-methyl/N-ethyl adjacent to an activating group) is 1. The lowest BCUT2D eigenvalue weighted by atomic mass is 10.1. The Morgan fingerprint density at radius 1 is 1.31 bits per heavy atom. The molecule has 0 bridgehead atoms. The lowest BCUT2D eigenvalue weighted by molar-refractivity contribution is 0.0886. The van der Waals surface area contributed by atoms with E-state index in [9.17, 15) is 4.79 Å². The van der Waals surface area contributed by atoms with Gasteiger partial charge in [-0.25, -0.2) is 0 Å². The number of carbonyl (C=O) groups excluding carboxylic acids is 1. The second-order valence-electron chi connectivity index (χ2n) is 6.47. The van der Waals surface area contributed by atoms with E-state index in [1.165, 1.54) is 5.56 Å². The van der Waals surface area contributed by atoms with Crippen molar-refractivity contribution in [3.8, 4) is 5.75 Å². The van der Waals surface area contributed by atoms with Crippen molar-refractivity contribution in [2.45, 2.75) is 6.04 Å². The molecule has 1 unspecified atom stereocenters. The van der Waals surface area contributed by atoms with E-state index in [2.05, 4.69) is 54.9 Å². The Balaban J connectivity index is 1.71. The fourth-order valence-corrected chi connectivity index (χ4v) is 4.28. The van der Waals surface area contributed by atoms with Crippen molar-refractivity contribution >= 4 is 33.2 Å². The molecule has 1 saturated heterocycles. The Morgan fingerprint density at radius 2 is 2.08 bits per heavy atom. The number of hydrogen-bond acceptors (Lipinski definition) is 5. The molecule has 0 aliphatic carbocycles. The highest BCUT2D eigenvalue weighted by molar-refractivity contribution is 9.10. The van der Waals surface area contributed by atoms with Gasteiger partial charge >= 0.3 is 0 Å².